The number of aliphatic hydroxyl groups excluding tert-OH is 2. The summed E-state index contributed by atoms with van der Waals surface area (Å²) in [6.07, 6.45) is -1.35. The third kappa shape index (κ3) is 12.1. The van der Waals surface area contributed by atoms with Gasteiger partial charge in [0.2, 0.25) is 0 Å². The molecule has 0 aromatic heterocycles. The van der Waals surface area contributed by atoms with E-state index in [1.54, 1.807) is 0 Å². The maximum Gasteiger partial charge on any atom is 0.314 e. The molecular formula is C11H28N6O3. The second kappa shape index (κ2) is 13.0. The molecule has 0 radical (unpaired) electrons. The molecule has 9 heteroatoms. The van der Waals surface area contributed by atoms with Gasteiger partial charge in [0.15, 0.2) is 0 Å². The highest BCUT2D eigenvalue weighted by atomic mass is 16.3. The normalized spacial score (nSPS) is 13.8. The number of urea groups is 1. The van der Waals surface area contributed by atoms with Crippen molar-refractivity contribution in [3.8, 4) is 0 Å². The van der Waals surface area contributed by atoms with Gasteiger partial charge in [0.25, 0.3) is 0 Å². The molecular weight excluding hydrogens is 264 g/mol. The minimum atomic E-state index is -0.677. The summed E-state index contributed by atoms with van der Waals surface area (Å²) in [7, 11) is 0. The number of rotatable bonds is 12. The average Bonchev–Trinajstić information content (AvgIpc) is 2.43. The van der Waals surface area contributed by atoms with Gasteiger partial charge in [0.05, 0.1) is 12.2 Å². The van der Waals surface area contributed by atoms with Crippen LogP contribution in [-0.4, -0.2) is 80.8 Å². The zero-order chi connectivity index (χ0) is 15.2. The fourth-order valence-electron chi connectivity index (χ4n) is 1.37. The Bertz CT molecular complexity index is 222. The highest BCUT2D eigenvalue weighted by Gasteiger charge is 2.08. The molecule has 0 aliphatic heterocycles. The minimum Gasteiger partial charge on any atom is -0.390 e. The van der Waals surface area contributed by atoms with Crippen molar-refractivity contribution < 1.29 is 15.0 Å². The number of nitrogens with two attached hydrogens (primary N) is 2. The number of nitrogens with one attached hydrogen (secondary N) is 4. The Hall–Kier alpha value is -0.970. The van der Waals surface area contributed by atoms with Crippen LogP contribution in [0.15, 0.2) is 0 Å². The van der Waals surface area contributed by atoms with Crippen molar-refractivity contribution in [2.45, 2.75) is 12.2 Å². The lowest BCUT2D eigenvalue weighted by molar-refractivity contribution is 0.159. The quantitative estimate of drug-likeness (QED) is 0.171. The van der Waals surface area contributed by atoms with E-state index in [0.29, 0.717) is 39.3 Å². The van der Waals surface area contributed by atoms with Gasteiger partial charge in [-0.25, -0.2) is 4.79 Å². The summed E-state index contributed by atoms with van der Waals surface area (Å²) in [6.45, 7) is 3.21. The number of hydrogen-bond acceptors (Lipinski definition) is 7. The van der Waals surface area contributed by atoms with Gasteiger partial charge >= 0.3 is 6.03 Å². The van der Waals surface area contributed by atoms with Crippen LogP contribution in [0.25, 0.3) is 0 Å². The summed E-state index contributed by atoms with van der Waals surface area (Å²) < 4.78 is 0. The van der Waals surface area contributed by atoms with E-state index in [1.807, 2.05) is 0 Å². The van der Waals surface area contributed by atoms with E-state index in [9.17, 15) is 15.0 Å². The predicted octanol–water partition coefficient (Wildman–Crippen LogP) is -3.90. The van der Waals surface area contributed by atoms with Gasteiger partial charge in [-0.15, -0.1) is 0 Å². The van der Waals surface area contributed by atoms with E-state index in [2.05, 4.69) is 21.3 Å². The Labute approximate surface area is 119 Å². The van der Waals surface area contributed by atoms with Crippen LogP contribution in [0.3, 0.4) is 0 Å². The van der Waals surface area contributed by atoms with Crippen molar-refractivity contribution >= 4 is 6.03 Å². The molecule has 9 nitrogen and oxygen atoms in total. The van der Waals surface area contributed by atoms with E-state index in [4.69, 9.17) is 11.5 Å². The average molecular weight is 292 g/mol. The predicted molar refractivity (Wildman–Crippen MR) is 77.3 cm³/mol. The largest absolute Gasteiger partial charge is 0.390 e. The molecule has 0 saturated heterocycles. The third-order valence-electron chi connectivity index (χ3n) is 2.40. The number of amides is 2. The maximum atomic E-state index is 11.4. The molecule has 2 amide bonds. The Morgan fingerprint density at radius 3 is 1.60 bits per heavy atom. The molecule has 0 heterocycles. The Balaban J connectivity index is 3.52. The van der Waals surface area contributed by atoms with Gasteiger partial charge < -0.3 is 42.9 Å². The lowest BCUT2D eigenvalue weighted by Gasteiger charge is -2.15. The number of carbonyl (C=O) groups is 1. The van der Waals surface area contributed by atoms with Crippen LogP contribution in [-0.2, 0) is 0 Å². The van der Waals surface area contributed by atoms with Gasteiger partial charge in [-0.3, -0.25) is 0 Å². The molecule has 0 saturated carbocycles. The second-order valence-corrected chi connectivity index (χ2v) is 4.38. The fraction of sp³-hybridized carbons (Fsp3) is 0.909. The zero-order valence-electron chi connectivity index (χ0n) is 11.8. The smallest absolute Gasteiger partial charge is 0.314 e. The topological polar surface area (TPSA) is 158 Å². The van der Waals surface area contributed by atoms with Gasteiger partial charge in [-0.2, -0.15) is 0 Å². The first-order valence-electron chi connectivity index (χ1n) is 6.79. The molecule has 2 unspecified atom stereocenters. The van der Waals surface area contributed by atoms with Crippen LogP contribution in [0.5, 0.6) is 0 Å². The molecule has 0 aromatic rings. The highest BCUT2D eigenvalue weighted by molar-refractivity contribution is 5.73. The highest BCUT2D eigenvalue weighted by Crippen LogP contribution is 1.80. The van der Waals surface area contributed by atoms with Gasteiger partial charge in [-0.1, -0.05) is 0 Å². The van der Waals surface area contributed by atoms with Crippen molar-refractivity contribution in [1.29, 1.82) is 0 Å². The van der Waals surface area contributed by atoms with Crippen LogP contribution in [0.4, 0.5) is 4.79 Å². The van der Waals surface area contributed by atoms with Crippen LogP contribution in [0, 0.1) is 0 Å². The van der Waals surface area contributed by atoms with Crippen LogP contribution in [0.2, 0.25) is 0 Å². The SMILES string of the molecule is NCCNCC(O)CNC(=O)NCC(O)CNCCN. The first-order chi connectivity index (χ1) is 9.60. The summed E-state index contributed by atoms with van der Waals surface area (Å²) in [6, 6.07) is -0.430. The minimum absolute atomic E-state index is 0.130. The summed E-state index contributed by atoms with van der Waals surface area (Å²) in [5.74, 6) is 0. The number of carbonyl (C=O) groups excluding carboxylic acids is 1. The van der Waals surface area contributed by atoms with Crippen molar-refractivity contribution in [2.75, 3.05) is 52.4 Å². The second-order valence-electron chi connectivity index (χ2n) is 4.38. The van der Waals surface area contributed by atoms with Crippen LogP contribution >= 0.6 is 0 Å². The van der Waals surface area contributed by atoms with Crippen molar-refractivity contribution in [3.05, 3.63) is 0 Å². The zero-order valence-corrected chi connectivity index (χ0v) is 11.8. The molecule has 0 bridgehead atoms. The van der Waals surface area contributed by atoms with Gasteiger partial charge in [-0.05, 0) is 0 Å². The summed E-state index contributed by atoms with van der Waals surface area (Å²) in [5.41, 5.74) is 10.6. The standard InChI is InChI=1S/C11H28N6O3/c12-1-3-14-5-9(18)7-16-11(20)17-8-10(19)6-15-4-2-13/h9-10,14-15,18-19H,1-8,12-13H2,(H2,16,17,20). The monoisotopic (exact) mass is 292 g/mol. The first-order valence-corrected chi connectivity index (χ1v) is 6.79. The van der Waals surface area contributed by atoms with Crippen LogP contribution < -0.4 is 32.7 Å². The van der Waals surface area contributed by atoms with Crippen molar-refractivity contribution in [2.24, 2.45) is 11.5 Å². The van der Waals surface area contributed by atoms with E-state index in [-0.39, 0.29) is 13.1 Å². The lowest BCUT2D eigenvalue weighted by atomic mass is 10.3. The molecule has 0 aliphatic carbocycles. The summed E-state index contributed by atoms with van der Waals surface area (Å²) in [5, 5.41) is 29.9. The van der Waals surface area contributed by atoms with E-state index >= 15 is 0 Å². The third-order valence-corrected chi connectivity index (χ3v) is 2.40. The number of hydrogen-bond donors (Lipinski definition) is 8. The van der Waals surface area contributed by atoms with E-state index in [1.165, 1.54) is 0 Å². The molecule has 0 spiro atoms. The Morgan fingerprint density at radius 2 is 1.25 bits per heavy atom. The molecule has 20 heavy (non-hydrogen) atoms. The van der Waals surface area contributed by atoms with Gasteiger partial charge in [0.1, 0.15) is 0 Å². The molecule has 0 rings (SSSR count). The van der Waals surface area contributed by atoms with Crippen molar-refractivity contribution in [3.63, 3.8) is 0 Å². The lowest BCUT2D eigenvalue weighted by Crippen LogP contribution is -2.46. The van der Waals surface area contributed by atoms with E-state index in [0.717, 1.165) is 0 Å². The Kier molecular flexibility index (Phi) is 12.4. The molecule has 0 aliphatic rings. The molecule has 0 fully saturated rings. The Morgan fingerprint density at radius 1 is 0.850 bits per heavy atom. The molecule has 2 atom stereocenters. The fourth-order valence-corrected chi connectivity index (χ4v) is 1.37. The molecule has 10 N–H and O–H groups in total. The molecule has 120 valence electrons. The van der Waals surface area contributed by atoms with E-state index < -0.39 is 18.2 Å². The first kappa shape index (κ1) is 19.0. The molecule has 0 aromatic carbocycles. The maximum absolute atomic E-state index is 11.4. The number of aliphatic hydroxyl groups is 2. The summed E-state index contributed by atoms with van der Waals surface area (Å²) >= 11 is 0. The van der Waals surface area contributed by atoms with Gasteiger partial charge in [0, 0.05) is 52.4 Å². The van der Waals surface area contributed by atoms with Crippen molar-refractivity contribution in [1.82, 2.24) is 21.3 Å². The summed E-state index contributed by atoms with van der Waals surface area (Å²) in [4.78, 5) is 11.4. The van der Waals surface area contributed by atoms with Crippen LogP contribution in [0.1, 0.15) is 0 Å².